The van der Waals surface area contributed by atoms with Gasteiger partial charge in [0.15, 0.2) is 0 Å². The maximum atomic E-state index is 11.6. The molecule has 1 heterocycles. The van der Waals surface area contributed by atoms with Gasteiger partial charge in [0.1, 0.15) is 11.3 Å². The van der Waals surface area contributed by atoms with Gasteiger partial charge in [0.05, 0.1) is 22.5 Å². The lowest BCUT2D eigenvalue weighted by Crippen LogP contribution is -2.05. The number of phenolic OH excluding ortho intramolecular Hbond substituents is 1. The third kappa shape index (κ3) is 2.30. The Morgan fingerprint density at radius 3 is 2.89 bits per heavy atom. The second-order valence-corrected chi connectivity index (χ2v) is 3.70. The molecule has 0 fully saturated rings. The van der Waals surface area contributed by atoms with Gasteiger partial charge in [-0.3, -0.25) is 15.1 Å². The number of phenols is 1. The molecule has 0 radical (unpaired) electrons. The van der Waals surface area contributed by atoms with Gasteiger partial charge < -0.3 is 9.84 Å². The van der Waals surface area contributed by atoms with Crippen molar-refractivity contribution in [3.05, 3.63) is 40.1 Å². The highest BCUT2D eigenvalue weighted by Gasteiger charge is 2.18. The van der Waals surface area contributed by atoms with Crippen LogP contribution in [0.4, 0.5) is 5.69 Å². The first kappa shape index (κ1) is 12.7. The summed E-state index contributed by atoms with van der Waals surface area (Å²) in [4.78, 5) is 25.7. The molecule has 7 heteroatoms. The number of benzene rings is 1. The van der Waals surface area contributed by atoms with E-state index in [1.54, 1.807) is 6.92 Å². The van der Waals surface area contributed by atoms with Crippen LogP contribution in [0.25, 0.3) is 10.9 Å². The van der Waals surface area contributed by atoms with Gasteiger partial charge in [-0.1, -0.05) is 0 Å². The number of nitrogens with zero attached hydrogens (tertiary/aromatic N) is 2. The SMILES string of the molecule is CCOC(=O)c1cnc2c(O)ccc([N+](=O)[O-])c2c1. The molecule has 2 rings (SSSR count). The first-order valence-corrected chi connectivity index (χ1v) is 5.47. The van der Waals surface area contributed by atoms with Gasteiger partial charge in [0, 0.05) is 12.3 Å². The van der Waals surface area contributed by atoms with Crippen LogP contribution in [-0.4, -0.2) is 27.6 Å². The zero-order valence-corrected chi connectivity index (χ0v) is 9.99. The van der Waals surface area contributed by atoms with Crippen LogP contribution in [0.2, 0.25) is 0 Å². The topological polar surface area (TPSA) is 103 Å². The van der Waals surface area contributed by atoms with E-state index in [-0.39, 0.29) is 34.5 Å². The molecule has 0 aliphatic carbocycles. The third-order valence-corrected chi connectivity index (χ3v) is 2.51. The van der Waals surface area contributed by atoms with E-state index in [9.17, 15) is 20.0 Å². The number of hydrogen-bond donors (Lipinski definition) is 1. The van der Waals surface area contributed by atoms with Gasteiger partial charge in [-0.15, -0.1) is 0 Å². The summed E-state index contributed by atoms with van der Waals surface area (Å²) in [6.07, 6.45) is 1.21. The molecule has 2 aromatic rings. The number of rotatable bonds is 3. The summed E-state index contributed by atoms with van der Waals surface area (Å²) in [7, 11) is 0. The summed E-state index contributed by atoms with van der Waals surface area (Å²) in [5.41, 5.74) is -0.0586. The number of aromatic nitrogens is 1. The lowest BCUT2D eigenvalue weighted by Gasteiger charge is -2.04. The number of nitro benzene ring substituents is 1. The molecule has 7 nitrogen and oxygen atoms in total. The summed E-state index contributed by atoms with van der Waals surface area (Å²) in [6.45, 7) is 1.85. The summed E-state index contributed by atoms with van der Waals surface area (Å²) >= 11 is 0. The molecule has 0 aliphatic rings. The van der Waals surface area contributed by atoms with Crippen molar-refractivity contribution in [1.29, 1.82) is 0 Å². The predicted octanol–water partition coefficient (Wildman–Crippen LogP) is 2.03. The Bertz CT molecular complexity index is 668. The fourth-order valence-electron chi connectivity index (χ4n) is 1.68. The average molecular weight is 262 g/mol. The average Bonchev–Trinajstić information content (AvgIpc) is 2.38. The third-order valence-electron chi connectivity index (χ3n) is 2.51. The minimum Gasteiger partial charge on any atom is -0.506 e. The first-order valence-electron chi connectivity index (χ1n) is 5.47. The summed E-state index contributed by atoms with van der Waals surface area (Å²) in [6, 6.07) is 3.64. The zero-order valence-electron chi connectivity index (χ0n) is 9.99. The van der Waals surface area contributed by atoms with Crippen LogP contribution in [0.15, 0.2) is 24.4 Å². The molecule has 1 N–H and O–H groups in total. The van der Waals surface area contributed by atoms with Crippen LogP contribution < -0.4 is 0 Å². The molecular formula is C12H10N2O5. The van der Waals surface area contributed by atoms with Crippen molar-refractivity contribution >= 4 is 22.6 Å². The predicted molar refractivity (Wildman–Crippen MR) is 66.0 cm³/mol. The summed E-state index contributed by atoms with van der Waals surface area (Å²) < 4.78 is 4.80. The van der Waals surface area contributed by atoms with Crippen LogP contribution in [-0.2, 0) is 4.74 Å². The number of pyridine rings is 1. The van der Waals surface area contributed by atoms with Crippen LogP contribution in [0.1, 0.15) is 17.3 Å². The maximum Gasteiger partial charge on any atom is 0.339 e. The second kappa shape index (κ2) is 4.89. The second-order valence-electron chi connectivity index (χ2n) is 3.70. The Labute approximate surface area is 107 Å². The molecule has 0 spiro atoms. The first-order chi connectivity index (χ1) is 9.04. The Hall–Kier alpha value is -2.70. The molecule has 0 saturated heterocycles. The number of nitro groups is 1. The molecule has 0 unspecified atom stereocenters. The highest BCUT2D eigenvalue weighted by Crippen LogP contribution is 2.31. The fraction of sp³-hybridized carbons (Fsp3) is 0.167. The Balaban J connectivity index is 2.66. The number of carbonyl (C=O) groups is 1. The molecular weight excluding hydrogens is 252 g/mol. The van der Waals surface area contributed by atoms with Crippen molar-refractivity contribution in [1.82, 2.24) is 4.98 Å². The molecule has 19 heavy (non-hydrogen) atoms. The monoisotopic (exact) mass is 262 g/mol. The minimum absolute atomic E-state index is 0.0715. The van der Waals surface area contributed by atoms with E-state index in [1.165, 1.54) is 18.3 Å². The molecule has 0 bridgehead atoms. The van der Waals surface area contributed by atoms with Gasteiger partial charge in [-0.25, -0.2) is 4.79 Å². The van der Waals surface area contributed by atoms with Crippen LogP contribution in [0.3, 0.4) is 0 Å². The number of hydrogen-bond acceptors (Lipinski definition) is 6. The molecule has 98 valence electrons. The van der Waals surface area contributed by atoms with Crippen molar-refractivity contribution in [2.45, 2.75) is 6.92 Å². The maximum absolute atomic E-state index is 11.6. The van der Waals surface area contributed by atoms with Gasteiger partial charge in [-0.05, 0) is 19.1 Å². The number of esters is 1. The Morgan fingerprint density at radius 2 is 2.26 bits per heavy atom. The van der Waals surface area contributed by atoms with Gasteiger partial charge in [0.25, 0.3) is 5.69 Å². The lowest BCUT2D eigenvalue weighted by atomic mass is 10.1. The highest BCUT2D eigenvalue weighted by molar-refractivity contribution is 5.98. The normalized spacial score (nSPS) is 10.4. The standard InChI is InChI=1S/C12H10N2O5/c1-2-19-12(16)7-5-8-9(14(17)18)3-4-10(15)11(8)13-6-7/h3-6,15H,2H2,1H3. The fourth-order valence-corrected chi connectivity index (χ4v) is 1.68. The minimum atomic E-state index is -0.616. The lowest BCUT2D eigenvalue weighted by molar-refractivity contribution is -0.383. The van der Waals surface area contributed by atoms with Gasteiger partial charge in [-0.2, -0.15) is 0 Å². The molecule has 0 saturated carbocycles. The number of aromatic hydroxyl groups is 1. The van der Waals surface area contributed by atoms with E-state index in [0.29, 0.717) is 0 Å². The molecule has 0 amide bonds. The van der Waals surface area contributed by atoms with E-state index in [1.807, 2.05) is 0 Å². The quantitative estimate of drug-likeness (QED) is 0.515. The van der Waals surface area contributed by atoms with Crippen molar-refractivity contribution in [2.24, 2.45) is 0 Å². The molecule has 1 aromatic carbocycles. The summed E-state index contributed by atoms with van der Waals surface area (Å²) in [5, 5.41) is 20.6. The zero-order chi connectivity index (χ0) is 14.0. The number of fused-ring (bicyclic) bond motifs is 1. The van der Waals surface area contributed by atoms with Crippen LogP contribution >= 0.6 is 0 Å². The van der Waals surface area contributed by atoms with Crippen molar-refractivity contribution < 1.29 is 19.6 Å². The van der Waals surface area contributed by atoms with Crippen LogP contribution in [0.5, 0.6) is 5.75 Å². The Kier molecular flexibility index (Phi) is 3.28. The van der Waals surface area contributed by atoms with Gasteiger partial charge in [0.2, 0.25) is 0 Å². The van der Waals surface area contributed by atoms with E-state index in [4.69, 9.17) is 4.74 Å². The van der Waals surface area contributed by atoms with E-state index >= 15 is 0 Å². The van der Waals surface area contributed by atoms with E-state index in [2.05, 4.69) is 4.98 Å². The number of carbonyl (C=O) groups excluding carboxylic acids is 1. The van der Waals surface area contributed by atoms with Crippen molar-refractivity contribution in [3.8, 4) is 5.75 Å². The van der Waals surface area contributed by atoms with Gasteiger partial charge >= 0.3 is 5.97 Å². The highest BCUT2D eigenvalue weighted by atomic mass is 16.6. The molecule has 1 aromatic heterocycles. The van der Waals surface area contributed by atoms with E-state index in [0.717, 1.165) is 6.07 Å². The molecule has 0 atom stereocenters. The number of non-ortho nitro benzene ring substituents is 1. The number of ether oxygens (including phenoxy) is 1. The largest absolute Gasteiger partial charge is 0.506 e. The van der Waals surface area contributed by atoms with Crippen molar-refractivity contribution in [2.75, 3.05) is 6.61 Å². The van der Waals surface area contributed by atoms with E-state index < -0.39 is 10.9 Å². The Morgan fingerprint density at radius 1 is 1.53 bits per heavy atom. The smallest absolute Gasteiger partial charge is 0.339 e. The molecule has 0 aliphatic heterocycles. The van der Waals surface area contributed by atoms with Crippen LogP contribution in [0, 0.1) is 10.1 Å². The van der Waals surface area contributed by atoms with Crippen molar-refractivity contribution in [3.63, 3.8) is 0 Å². The summed E-state index contributed by atoms with van der Waals surface area (Å²) in [5.74, 6) is -0.800.